The summed E-state index contributed by atoms with van der Waals surface area (Å²) in [4.78, 5) is 0.0734. The number of rotatable bonds is 5. The average Bonchev–Trinajstić information content (AvgIpc) is 3.11. The lowest BCUT2D eigenvalue weighted by Gasteiger charge is -2.23. The molecule has 1 aromatic carbocycles. The maximum atomic E-state index is 12.6. The maximum absolute atomic E-state index is 12.6. The van der Waals surface area contributed by atoms with Gasteiger partial charge in [-0.1, -0.05) is 25.3 Å². The first-order valence-corrected chi connectivity index (χ1v) is 11.4. The van der Waals surface area contributed by atoms with Crippen molar-refractivity contribution in [2.24, 2.45) is 0 Å². The Bertz CT molecular complexity index is 778. The van der Waals surface area contributed by atoms with Crippen LogP contribution in [0.2, 0.25) is 0 Å². The Morgan fingerprint density at radius 2 is 1.50 bits per heavy atom. The van der Waals surface area contributed by atoms with Crippen LogP contribution in [0.3, 0.4) is 0 Å². The molecule has 1 aromatic rings. The Kier molecular flexibility index (Phi) is 5.29. The number of nitrogens with zero attached hydrogens (tertiary/aromatic N) is 1. The van der Waals surface area contributed by atoms with Gasteiger partial charge in [-0.15, -0.1) is 0 Å². The zero-order valence-electron chi connectivity index (χ0n) is 13.6. The summed E-state index contributed by atoms with van der Waals surface area (Å²) in [5.74, 6) is 0. The molecule has 2 fully saturated rings. The number of hydrogen-bond acceptors (Lipinski definition) is 4. The molecule has 0 radical (unpaired) electrons. The molecule has 0 unspecified atom stereocenters. The van der Waals surface area contributed by atoms with Crippen LogP contribution in [-0.2, 0) is 20.0 Å². The van der Waals surface area contributed by atoms with E-state index in [1.54, 1.807) is 0 Å². The number of sulfonamides is 2. The third-order valence-corrected chi connectivity index (χ3v) is 8.16. The normalized spacial score (nSPS) is 21.2. The molecule has 0 atom stereocenters. The van der Waals surface area contributed by atoms with Gasteiger partial charge in [0.25, 0.3) is 0 Å². The molecule has 0 bridgehead atoms. The van der Waals surface area contributed by atoms with Crippen molar-refractivity contribution in [2.75, 3.05) is 13.1 Å². The molecule has 1 N–H and O–H groups in total. The van der Waals surface area contributed by atoms with Crippen LogP contribution in [0.15, 0.2) is 34.1 Å². The first kappa shape index (κ1) is 17.8. The minimum Gasteiger partial charge on any atom is -0.208 e. The molecule has 8 heteroatoms. The summed E-state index contributed by atoms with van der Waals surface area (Å²) in [6.07, 6.45) is 6.56. The summed E-state index contributed by atoms with van der Waals surface area (Å²) < 4.78 is 54.5. The predicted octanol–water partition coefficient (Wildman–Crippen LogP) is 2.08. The van der Waals surface area contributed by atoms with Gasteiger partial charge in [-0.05, 0) is 43.9 Å². The topological polar surface area (TPSA) is 83.5 Å². The second-order valence-electron chi connectivity index (χ2n) is 6.54. The molecule has 1 saturated carbocycles. The molecular weight excluding hydrogens is 348 g/mol. The van der Waals surface area contributed by atoms with Crippen molar-refractivity contribution in [3.8, 4) is 0 Å². The first-order chi connectivity index (χ1) is 11.4. The first-order valence-electron chi connectivity index (χ1n) is 8.52. The van der Waals surface area contributed by atoms with E-state index in [4.69, 9.17) is 0 Å². The van der Waals surface area contributed by atoms with Gasteiger partial charge >= 0.3 is 0 Å². The molecule has 24 heavy (non-hydrogen) atoms. The van der Waals surface area contributed by atoms with Crippen LogP contribution in [-0.4, -0.2) is 40.3 Å². The lowest BCUT2D eigenvalue weighted by Crippen LogP contribution is -2.36. The summed E-state index contributed by atoms with van der Waals surface area (Å²) in [6.45, 7) is 0.999. The second kappa shape index (κ2) is 7.11. The molecule has 0 spiro atoms. The summed E-state index contributed by atoms with van der Waals surface area (Å²) in [7, 11) is -7.31. The van der Waals surface area contributed by atoms with Crippen LogP contribution in [0.4, 0.5) is 0 Å². The highest BCUT2D eigenvalue weighted by Crippen LogP contribution is 2.24. The lowest BCUT2D eigenvalue weighted by atomic mass is 9.96. The monoisotopic (exact) mass is 372 g/mol. The Morgan fingerprint density at radius 1 is 0.875 bits per heavy atom. The summed E-state index contributed by atoms with van der Waals surface area (Å²) in [5.41, 5.74) is 0. The van der Waals surface area contributed by atoms with Gasteiger partial charge in [0, 0.05) is 19.1 Å². The van der Waals surface area contributed by atoms with Crippen LogP contribution in [0.5, 0.6) is 0 Å². The van der Waals surface area contributed by atoms with E-state index < -0.39 is 20.0 Å². The van der Waals surface area contributed by atoms with Gasteiger partial charge in [0.05, 0.1) is 9.79 Å². The van der Waals surface area contributed by atoms with Gasteiger partial charge in [-0.25, -0.2) is 21.6 Å². The molecule has 6 nitrogen and oxygen atoms in total. The van der Waals surface area contributed by atoms with Crippen LogP contribution < -0.4 is 4.72 Å². The Balaban J connectivity index is 1.84. The van der Waals surface area contributed by atoms with Gasteiger partial charge in [-0.3, -0.25) is 0 Å². The van der Waals surface area contributed by atoms with Gasteiger partial charge in [0.2, 0.25) is 20.0 Å². The minimum absolute atomic E-state index is 0.0216. The van der Waals surface area contributed by atoms with Crippen molar-refractivity contribution in [3.05, 3.63) is 24.3 Å². The SMILES string of the molecule is O=S(=O)(NC1CCCCC1)c1cccc(S(=O)(=O)N2CCCC2)c1. The summed E-state index contributed by atoms with van der Waals surface area (Å²) in [6, 6.07) is 5.64. The highest BCUT2D eigenvalue weighted by Gasteiger charge is 2.29. The molecule has 134 valence electrons. The van der Waals surface area contributed by atoms with Crippen LogP contribution >= 0.6 is 0 Å². The molecule has 2 aliphatic rings. The third-order valence-electron chi connectivity index (χ3n) is 4.75. The van der Waals surface area contributed by atoms with E-state index >= 15 is 0 Å². The number of benzene rings is 1. The maximum Gasteiger partial charge on any atom is 0.243 e. The van der Waals surface area contributed by atoms with E-state index in [9.17, 15) is 16.8 Å². The fourth-order valence-corrected chi connectivity index (χ4v) is 6.38. The molecule has 3 rings (SSSR count). The summed E-state index contributed by atoms with van der Waals surface area (Å²) in [5, 5.41) is 0. The van der Waals surface area contributed by atoms with Crippen molar-refractivity contribution < 1.29 is 16.8 Å². The van der Waals surface area contributed by atoms with Crippen LogP contribution in [0, 0.1) is 0 Å². The molecule has 1 aliphatic heterocycles. The zero-order chi connectivity index (χ0) is 17.2. The average molecular weight is 373 g/mol. The van der Waals surface area contributed by atoms with E-state index in [1.165, 1.54) is 28.6 Å². The fraction of sp³-hybridized carbons (Fsp3) is 0.625. The van der Waals surface area contributed by atoms with E-state index in [-0.39, 0.29) is 15.8 Å². The zero-order valence-corrected chi connectivity index (χ0v) is 15.3. The number of nitrogens with one attached hydrogen (secondary N) is 1. The lowest BCUT2D eigenvalue weighted by molar-refractivity contribution is 0.412. The highest BCUT2D eigenvalue weighted by atomic mass is 32.2. The van der Waals surface area contributed by atoms with Crippen molar-refractivity contribution >= 4 is 20.0 Å². The van der Waals surface area contributed by atoms with E-state index in [1.807, 2.05) is 0 Å². The standard InChI is InChI=1S/C16H24N2O4S2/c19-23(20,17-14-7-2-1-3-8-14)15-9-6-10-16(13-15)24(21,22)18-11-4-5-12-18/h6,9-10,13-14,17H,1-5,7-8,11-12H2. The minimum atomic E-state index is -3.70. The smallest absolute Gasteiger partial charge is 0.208 e. The molecule has 1 aliphatic carbocycles. The fourth-order valence-electron chi connectivity index (χ4n) is 3.39. The Morgan fingerprint density at radius 3 is 2.17 bits per heavy atom. The van der Waals surface area contributed by atoms with Gasteiger partial charge < -0.3 is 0 Å². The van der Waals surface area contributed by atoms with Gasteiger partial charge in [-0.2, -0.15) is 4.31 Å². The largest absolute Gasteiger partial charge is 0.243 e. The van der Waals surface area contributed by atoms with Crippen LogP contribution in [0.1, 0.15) is 44.9 Å². The Labute approximate surface area is 144 Å². The highest BCUT2D eigenvalue weighted by molar-refractivity contribution is 7.90. The Hall–Kier alpha value is -0.960. The van der Waals surface area contributed by atoms with Crippen molar-refractivity contribution in [3.63, 3.8) is 0 Å². The van der Waals surface area contributed by atoms with Crippen molar-refractivity contribution in [1.29, 1.82) is 0 Å². The van der Waals surface area contributed by atoms with Gasteiger partial charge in [0.1, 0.15) is 0 Å². The van der Waals surface area contributed by atoms with E-state index in [0.29, 0.717) is 13.1 Å². The van der Waals surface area contributed by atoms with E-state index in [0.717, 1.165) is 44.9 Å². The molecule has 1 saturated heterocycles. The van der Waals surface area contributed by atoms with Crippen molar-refractivity contribution in [2.45, 2.75) is 60.8 Å². The summed E-state index contributed by atoms with van der Waals surface area (Å²) >= 11 is 0. The predicted molar refractivity (Wildman–Crippen MR) is 91.6 cm³/mol. The molecular formula is C16H24N2O4S2. The van der Waals surface area contributed by atoms with E-state index in [2.05, 4.69) is 4.72 Å². The van der Waals surface area contributed by atoms with Crippen LogP contribution in [0.25, 0.3) is 0 Å². The molecule has 0 aromatic heterocycles. The quantitative estimate of drug-likeness (QED) is 0.858. The molecule has 0 amide bonds. The van der Waals surface area contributed by atoms with Crippen molar-refractivity contribution in [1.82, 2.24) is 9.03 Å². The number of hydrogen-bond donors (Lipinski definition) is 1. The third kappa shape index (κ3) is 3.82. The second-order valence-corrected chi connectivity index (χ2v) is 10.2. The van der Waals surface area contributed by atoms with Gasteiger partial charge in [0.15, 0.2) is 0 Å². The molecule has 1 heterocycles.